The molecule has 0 aliphatic carbocycles. The number of sulfonamides is 1. The van der Waals surface area contributed by atoms with Crippen molar-refractivity contribution in [3.05, 3.63) is 35.9 Å². The Morgan fingerprint density at radius 3 is 2.40 bits per heavy atom. The average molecular weight is 297 g/mol. The minimum absolute atomic E-state index is 0.0624. The quantitative estimate of drug-likeness (QED) is 0.868. The summed E-state index contributed by atoms with van der Waals surface area (Å²) < 4.78 is 25.6. The van der Waals surface area contributed by atoms with Crippen LogP contribution in [-0.2, 0) is 16.4 Å². The molecule has 0 unspecified atom stereocenters. The van der Waals surface area contributed by atoms with Crippen LogP contribution in [0.4, 0.5) is 0 Å². The Labute approximate surface area is 121 Å². The van der Waals surface area contributed by atoms with Gasteiger partial charge in [0, 0.05) is 19.7 Å². The second-order valence-corrected chi connectivity index (χ2v) is 7.51. The zero-order chi connectivity index (χ0) is 14.4. The van der Waals surface area contributed by atoms with Crippen LogP contribution in [0.25, 0.3) is 0 Å². The predicted molar refractivity (Wildman–Crippen MR) is 79.9 cm³/mol. The number of aliphatic hydroxyl groups excluding tert-OH is 1. The molecule has 0 bridgehead atoms. The third-order valence-electron chi connectivity index (χ3n) is 3.89. The van der Waals surface area contributed by atoms with E-state index in [0.717, 1.165) is 19.3 Å². The summed E-state index contributed by atoms with van der Waals surface area (Å²) in [5, 5.41) is 8.75. The predicted octanol–water partition coefficient (Wildman–Crippen LogP) is 1.65. The molecule has 1 N–H and O–H groups in total. The van der Waals surface area contributed by atoms with Crippen LogP contribution in [0.15, 0.2) is 30.3 Å². The van der Waals surface area contributed by atoms with E-state index in [0.29, 0.717) is 25.4 Å². The van der Waals surface area contributed by atoms with Crippen molar-refractivity contribution in [2.75, 3.05) is 25.4 Å². The van der Waals surface area contributed by atoms with Crippen molar-refractivity contribution in [3.63, 3.8) is 0 Å². The third kappa shape index (κ3) is 4.30. The van der Waals surface area contributed by atoms with Gasteiger partial charge in [0.15, 0.2) is 0 Å². The summed E-state index contributed by atoms with van der Waals surface area (Å²) in [6.45, 7) is 1.17. The maximum absolute atomic E-state index is 12.0. The van der Waals surface area contributed by atoms with Crippen LogP contribution in [0.2, 0.25) is 0 Å². The number of aliphatic hydroxyl groups is 1. The number of hydrogen-bond acceptors (Lipinski definition) is 3. The summed E-state index contributed by atoms with van der Waals surface area (Å²) in [6, 6.07) is 10.4. The first-order valence-electron chi connectivity index (χ1n) is 7.24. The Bertz CT molecular complexity index is 493. The van der Waals surface area contributed by atoms with E-state index in [4.69, 9.17) is 5.11 Å². The Morgan fingerprint density at radius 2 is 1.80 bits per heavy atom. The van der Waals surface area contributed by atoms with Gasteiger partial charge in [-0.05, 0) is 37.2 Å². The topological polar surface area (TPSA) is 57.6 Å². The molecule has 1 aliphatic heterocycles. The summed E-state index contributed by atoms with van der Waals surface area (Å²) in [5.41, 5.74) is 1.33. The highest BCUT2D eigenvalue weighted by molar-refractivity contribution is 7.89. The molecule has 1 aromatic rings. The summed E-state index contributed by atoms with van der Waals surface area (Å²) in [6.07, 6.45) is 3.21. The van der Waals surface area contributed by atoms with E-state index in [1.807, 2.05) is 18.2 Å². The lowest BCUT2D eigenvalue weighted by Gasteiger charge is -2.31. The zero-order valence-corrected chi connectivity index (χ0v) is 12.6. The van der Waals surface area contributed by atoms with Gasteiger partial charge in [-0.2, -0.15) is 0 Å². The fourth-order valence-electron chi connectivity index (χ4n) is 2.72. The number of piperidine rings is 1. The molecule has 1 fully saturated rings. The van der Waals surface area contributed by atoms with Crippen LogP contribution in [0.3, 0.4) is 0 Å². The first-order valence-corrected chi connectivity index (χ1v) is 8.85. The second-order valence-electron chi connectivity index (χ2n) is 5.43. The summed E-state index contributed by atoms with van der Waals surface area (Å²) in [4.78, 5) is 0. The van der Waals surface area contributed by atoms with Crippen molar-refractivity contribution in [2.45, 2.75) is 25.7 Å². The molecule has 0 amide bonds. The largest absolute Gasteiger partial charge is 0.396 e. The van der Waals surface area contributed by atoms with Crippen LogP contribution >= 0.6 is 0 Å². The molecular weight excluding hydrogens is 274 g/mol. The van der Waals surface area contributed by atoms with Gasteiger partial charge in [-0.1, -0.05) is 30.3 Å². The molecule has 1 heterocycles. The summed E-state index contributed by atoms with van der Waals surface area (Å²) in [7, 11) is -3.17. The van der Waals surface area contributed by atoms with Gasteiger partial charge in [0.05, 0.1) is 5.75 Å². The molecule has 1 aromatic carbocycles. The highest BCUT2D eigenvalue weighted by atomic mass is 32.2. The van der Waals surface area contributed by atoms with E-state index in [9.17, 15) is 8.42 Å². The maximum atomic E-state index is 12.0. The van der Waals surface area contributed by atoms with Crippen LogP contribution < -0.4 is 0 Å². The molecule has 1 aliphatic rings. The Balaban J connectivity index is 1.83. The molecule has 1 saturated heterocycles. The van der Waals surface area contributed by atoms with E-state index in [1.165, 1.54) is 5.56 Å². The monoisotopic (exact) mass is 297 g/mol. The van der Waals surface area contributed by atoms with Crippen LogP contribution in [0, 0.1) is 5.92 Å². The van der Waals surface area contributed by atoms with Crippen molar-refractivity contribution in [1.82, 2.24) is 4.31 Å². The highest BCUT2D eigenvalue weighted by Gasteiger charge is 2.27. The average Bonchev–Trinajstić information content (AvgIpc) is 2.47. The van der Waals surface area contributed by atoms with Crippen LogP contribution in [0.1, 0.15) is 24.8 Å². The van der Waals surface area contributed by atoms with Gasteiger partial charge in [-0.25, -0.2) is 12.7 Å². The van der Waals surface area contributed by atoms with Gasteiger partial charge in [0.1, 0.15) is 0 Å². The first-order chi connectivity index (χ1) is 9.62. The minimum atomic E-state index is -3.17. The normalized spacial score (nSPS) is 18.2. The van der Waals surface area contributed by atoms with Crippen LogP contribution in [-0.4, -0.2) is 43.3 Å². The minimum Gasteiger partial charge on any atom is -0.396 e. The molecule has 5 heteroatoms. The molecule has 112 valence electrons. The van der Waals surface area contributed by atoms with E-state index < -0.39 is 10.0 Å². The van der Waals surface area contributed by atoms with Gasteiger partial charge in [0.25, 0.3) is 0 Å². The number of nitrogens with zero attached hydrogens (tertiary/aromatic N) is 1. The van der Waals surface area contributed by atoms with E-state index in [1.54, 1.807) is 4.31 Å². The summed E-state index contributed by atoms with van der Waals surface area (Å²) >= 11 is 0. The molecule has 2 rings (SSSR count). The third-order valence-corrected chi connectivity index (χ3v) is 5.85. The van der Waals surface area contributed by atoms with Crippen LogP contribution in [0.5, 0.6) is 0 Å². The van der Waals surface area contributed by atoms with E-state index in [2.05, 4.69) is 12.1 Å². The van der Waals surface area contributed by atoms with Crippen molar-refractivity contribution in [1.29, 1.82) is 0 Å². The Hall–Kier alpha value is -0.910. The smallest absolute Gasteiger partial charge is 0.214 e. The molecule has 0 radical (unpaired) electrons. The maximum Gasteiger partial charge on any atom is 0.214 e. The van der Waals surface area contributed by atoms with Crippen molar-refractivity contribution >= 4 is 10.0 Å². The van der Waals surface area contributed by atoms with E-state index >= 15 is 0 Å². The van der Waals surface area contributed by atoms with Crippen molar-refractivity contribution < 1.29 is 13.5 Å². The number of benzene rings is 1. The molecule has 20 heavy (non-hydrogen) atoms. The lowest BCUT2D eigenvalue weighted by Crippen LogP contribution is -2.40. The Kier molecular flexibility index (Phi) is 5.57. The Morgan fingerprint density at radius 1 is 1.15 bits per heavy atom. The number of rotatable bonds is 6. The lowest BCUT2D eigenvalue weighted by atomic mass is 9.91. The first kappa shape index (κ1) is 15.5. The number of hydrogen-bond donors (Lipinski definition) is 1. The fraction of sp³-hybridized carbons (Fsp3) is 0.600. The van der Waals surface area contributed by atoms with Crippen molar-refractivity contribution in [2.24, 2.45) is 5.92 Å². The van der Waals surface area contributed by atoms with Gasteiger partial charge in [-0.15, -0.1) is 0 Å². The second kappa shape index (κ2) is 7.20. The molecule has 4 nitrogen and oxygen atoms in total. The van der Waals surface area contributed by atoms with E-state index in [-0.39, 0.29) is 12.4 Å². The zero-order valence-electron chi connectivity index (χ0n) is 11.7. The molecule has 0 aromatic heterocycles. The van der Waals surface area contributed by atoms with Gasteiger partial charge in [-0.3, -0.25) is 0 Å². The molecule has 0 atom stereocenters. The van der Waals surface area contributed by atoms with Crippen molar-refractivity contribution in [3.8, 4) is 0 Å². The van der Waals surface area contributed by atoms with Gasteiger partial charge >= 0.3 is 0 Å². The molecule has 0 saturated carbocycles. The highest BCUT2D eigenvalue weighted by Crippen LogP contribution is 2.23. The SMILES string of the molecule is O=S(=O)(CCCO)N1CCC(Cc2ccccc2)CC1. The lowest BCUT2D eigenvalue weighted by molar-refractivity contribution is 0.268. The fourth-order valence-corrected chi connectivity index (χ4v) is 4.23. The van der Waals surface area contributed by atoms with Gasteiger partial charge in [0.2, 0.25) is 10.0 Å². The molecular formula is C15H23NO3S. The standard InChI is InChI=1S/C15H23NO3S/c17-11-4-12-20(18,19)16-9-7-15(8-10-16)13-14-5-2-1-3-6-14/h1-3,5-6,15,17H,4,7-13H2. The molecule has 0 spiro atoms. The van der Waals surface area contributed by atoms with Gasteiger partial charge < -0.3 is 5.11 Å². The summed E-state index contributed by atoms with van der Waals surface area (Å²) in [5.74, 6) is 0.633.